The maximum Gasteiger partial charge on any atom is 0.195 e. The Hall–Kier alpha value is -2.49. The first-order valence-corrected chi connectivity index (χ1v) is 5.83. The van der Waals surface area contributed by atoms with Gasteiger partial charge in [0.15, 0.2) is 17.3 Å². The normalized spacial score (nSPS) is 10.2. The monoisotopic (exact) mass is 257 g/mol. The summed E-state index contributed by atoms with van der Waals surface area (Å²) in [5.41, 5.74) is 1.70. The number of hydrogen-bond acceptors (Lipinski definition) is 4. The molecule has 0 atom stereocenters. The first kappa shape index (κ1) is 13.0. The fourth-order valence-corrected chi connectivity index (χ4v) is 1.88. The van der Waals surface area contributed by atoms with Crippen LogP contribution in [0.15, 0.2) is 42.5 Å². The Morgan fingerprint density at radius 3 is 2.32 bits per heavy atom. The third-order valence-corrected chi connectivity index (χ3v) is 2.87. The zero-order chi connectivity index (χ0) is 14.0. The molecule has 2 N–H and O–H groups in total. The van der Waals surface area contributed by atoms with E-state index in [0.717, 1.165) is 5.69 Å². The zero-order valence-electron chi connectivity index (χ0n) is 10.8. The molecule has 2 aromatic carbocycles. The van der Waals surface area contributed by atoms with Crippen LogP contribution in [0.2, 0.25) is 0 Å². The molecule has 0 spiro atoms. The van der Waals surface area contributed by atoms with Gasteiger partial charge in [-0.3, -0.25) is 4.79 Å². The second-order valence-electron chi connectivity index (χ2n) is 4.44. The van der Waals surface area contributed by atoms with Crippen molar-refractivity contribution in [3.63, 3.8) is 0 Å². The summed E-state index contributed by atoms with van der Waals surface area (Å²) in [4.78, 5) is 14.3. The van der Waals surface area contributed by atoms with Crippen LogP contribution in [0.25, 0.3) is 0 Å². The average molecular weight is 257 g/mol. The molecule has 0 aliphatic rings. The van der Waals surface area contributed by atoms with Crippen LogP contribution in [-0.2, 0) is 0 Å². The molecule has 0 aliphatic carbocycles. The second-order valence-corrected chi connectivity index (χ2v) is 4.44. The Morgan fingerprint density at radius 2 is 1.68 bits per heavy atom. The van der Waals surface area contributed by atoms with E-state index >= 15 is 0 Å². The van der Waals surface area contributed by atoms with Crippen LogP contribution in [0, 0.1) is 0 Å². The van der Waals surface area contributed by atoms with Crippen LogP contribution in [0.4, 0.5) is 5.69 Å². The van der Waals surface area contributed by atoms with E-state index in [1.165, 1.54) is 18.2 Å². The summed E-state index contributed by atoms with van der Waals surface area (Å²) < 4.78 is 0. The van der Waals surface area contributed by atoms with Crippen molar-refractivity contribution in [2.45, 2.75) is 0 Å². The summed E-state index contributed by atoms with van der Waals surface area (Å²) in [6, 6.07) is 11.3. The van der Waals surface area contributed by atoms with Crippen molar-refractivity contribution in [2.24, 2.45) is 0 Å². The average Bonchev–Trinajstić information content (AvgIpc) is 2.41. The molecule has 0 amide bonds. The van der Waals surface area contributed by atoms with Crippen molar-refractivity contribution in [1.82, 2.24) is 0 Å². The molecule has 0 bridgehead atoms. The molecule has 2 aromatic rings. The van der Waals surface area contributed by atoms with Gasteiger partial charge in [-0.1, -0.05) is 12.1 Å². The van der Waals surface area contributed by atoms with Gasteiger partial charge in [0.2, 0.25) is 0 Å². The van der Waals surface area contributed by atoms with Gasteiger partial charge >= 0.3 is 0 Å². The highest BCUT2D eigenvalue weighted by Crippen LogP contribution is 2.28. The number of hydrogen-bond donors (Lipinski definition) is 2. The Balaban J connectivity index is 2.47. The molecule has 4 nitrogen and oxygen atoms in total. The maximum absolute atomic E-state index is 12.4. The molecule has 0 heterocycles. The van der Waals surface area contributed by atoms with E-state index in [1.807, 2.05) is 31.1 Å². The van der Waals surface area contributed by atoms with Gasteiger partial charge < -0.3 is 15.1 Å². The highest BCUT2D eigenvalue weighted by Gasteiger charge is 2.15. The van der Waals surface area contributed by atoms with Crippen molar-refractivity contribution in [2.75, 3.05) is 19.0 Å². The number of nitrogens with zero attached hydrogens (tertiary/aromatic N) is 1. The predicted octanol–water partition coefficient (Wildman–Crippen LogP) is 2.39. The van der Waals surface area contributed by atoms with Crippen LogP contribution in [0.3, 0.4) is 0 Å². The lowest BCUT2D eigenvalue weighted by Gasteiger charge is -2.16. The number of benzene rings is 2. The van der Waals surface area contributed by atoms with Crippen molar-refractivity contribution in [3.8, 4) is 11.5 Å². The van der Waals surface area contributed by atoms with E-state index in [-0.39, 0.29) is 17.3 Å². The molecule has 0 fully saturated rings. The topological polar surface area (TPSA) is 60.8 Å². The summed E-state index contributed by atoms with van der Waals surface area (Å²) in [6.07, 6.45) is 0. The molecular weight excluding hydrogens is 242 g/mol. The van der Waals surface area contributed by atoms with Crippen molar-refractivity contribution >= 4 is 11.5 Å². The summed E-state index contributed by atoms with van der Waals surface area (Å²) >= 11 is 0. The number of aromatic hydroxyl groups is 2. The quantitative estimate of drug-likeness (QED) is 0.654. The van der Waals surface area contributed by atoms with Crippen molar-refractivity contribution < 1.29 is 15.0 Å². The fourth-order valence-electron chi connectivity index (χ4n) is 1.88. The summed E-state index contributed by atoms with van der Waals surface area (Å²) in [5.74, 6) is -0.731. The zero-order valence-corrected chi connectivity index (χ0v) is 10.8. The smallest absolute Gasteiger partial charge is 0.195 e. The first-order valence-electron chi connectivity index (χ1n) is 5.83. The number of anilines is 1. The van der Waals surface area contributed by atoms with E-state index < -0.39 is 0 Å². The van der Waals surface area contributed by atoms with Gasteiger partial charge in [0.1, 0.15) is 0 Å². The van der Waals surface area contributed by atoms with Crippen LogP contribution in [0.5, 0.6) is 11.5 Å². The Morgan fingerprint density at radius 1 is 1.00 bits per heavy atom. The number of carbonyl (C=O) groups excluding carboxylic acids is 1. The minimum atomic E-state index is -0.298. The van der Waals surface area contributed by atoms with Crippen LogP contribution < -0.4 is 4.90 Å². The highest BCUT2D eigenvalue weighted by atomic mass is 16.3. The van der Waals surface area contributed by atoms with Gasteiger partial charge in [-0.05, 0) is 30.3 Å². The maximum atomic E-state index is 12.4. The molecule has 0 saturated heterocycles. The fraction of sp³-hybridized carbons (Fsp3) is 0.133. The molecule has 19 heavy (non-hydrogen) atoms. The van der Waals surface area contributed by atoms with Crippen LogP contribution >= 0.6 is 0 Å². The molecule has 0 aromatic heterocycles. The lowest BCUT2D eigenvalue weighted by atomic mass is 10.0. The Labute approximate surface area is 111 Å². The standard InChI is InChI=1S/C15H15NO3/c1-16(2)12-6-4-3-5-11(12)15(19)10-7-8-13(17)14(18)9-10/h3-9,17-18H,1-2H3. The number of phenols is 2. The lowest BCUT2D eigenvalue weighted by Crippen LogP contribution is -2.14. The minimum Gasteiger partial charge on any atom is -0.504 e. The molecule has 0 unspecified atom stereocenters. The molecule has 4 heteroatoms. The van der Waals surface area contributed by atoms with E-state index in [1.54, 1.807) is 12.1 Å². The van der Waals surface area contributed by atoms with Crippen LogP contribution in [-0.4, -0.2) is 30.1 Å². The van der Waals surface area contributed by atoms with Gasteiger partial charge in [-0.2, -0.15) is 0 Å². The van der Waals surface area contributed by atoms with Gasteiger partial charge in [-0.25, -0.2) is 0 Å². The molecule has 0 radical (unpaired) electrons. The second kappa shape index (κ2) is 5.02. The SMILES string of the molecule is CN(C)c1ccccc1C(=O)c1ccc(O)c(O)c1. The van der Waals surface area contributed by atoms with Crippen molar-refractivity contribution in [3.05, 3.63) is 53.6 Å². The van der Waals surface area contributed by atoms with E-state index in [2.05, 4.69) is 0 Å². The molecule has 2 rings (SSSR count). The summed E-state index contributed by atoms with van der Waals surface area (Å²) in [5, 5.41) is 18.7. The Bertz CT molecular complexity index is 621. The summed E-state index contributed by atoms with van der Waals surface area (Å²) in [6.45, 7) is 0. The van der Waals surface area contributed by atoms with Gasteiger partial charge in [0.05, 0.1) is 0 Å². The van der Waals surface area contributed by atoms with Crippen molar-refractivity contribution in [1.29, 1.82) is 0 Å². The predicted molar refractivity (Wildman–Crippen MR) is 74.0 cm³/mol. The number of carbonyl (C=O) groups is 1. The first-order chi connectivity index (χ1) is 9.00. The number of rotatable bonds is 3. The van der Waals surface area contributed by atoms with E-state index in [9.17, 15) is 15.0 Å². The third-order valence-electron chi connectivity index (χ3n) is 2.87. The van der Waals surface area contributed by atoms with Gasteiger partial charge in [-0.15, -0.1) is 0 Å². The molecule has 0 aliphatic heterocycles. The third kappa shape index (κ3) is 2.52. The molecular formula is C15H15NO3. The van der Waals surface area contributed by atoms with Gasteiger partial charge in [0.25, 0.3) is 0 Å². The van der Waals surface area contributed by atoms with E-state index in [0.29, 0.717) is 11.1 Å². The number of ketones is 1. The van der Waals surface area contributed by atoms with Gasteiger partial charge in [0, 0.05) is 30.9 Å². The van der Waals surface area contributed by atoms with E-state index in [4.69, 9.17) is 0 Å². The minimum absolute atomic E-state index is 0.195. The largest absolute Gasteiger partial charge is 0.504 e. The lowest BCUT2D eigenvalue weighted by molar-refractivity contribution is 0.103. The summed E-state index contributed by atoms with van der Waals surface area (Å²) in [7, 11) is 3.72. The number of phenolic OH excluding ortho intramolecular Hbond substituents is 2. The highest BCUT2D eigenvalue weighted by molar-refractivity contribution is 6.12. The van der Waals surface area contributed by atoms with Crippen LogP contribution in [0.1, 0.15) is 15.9 Å². The number of para-hydroxylation sites is 1. The molecule has 98 valence electrons. The Kier molecular flexibility index (Phi) is 3.42. The molecule has 0 saturated carbocycles.